The van der Waals surface area contributed by atoms with Gasteiger partial charge in [-0.3, -0.25) is 4.79 Å². The van der Waals surface area contributed by atoms with E-state index in [-0.39, 0.29) is 5.91 Å². The van der Waals surface area contributed by atoms with Crippen molar-refractivity contribution in [1.29, 1.82) is 0 Å². The topological polar surface area (TPSA) is 32.3 Å². The fourth-order valence-corrected chi connectivity index (χ4v) is 2.91. The SMILES string of the molecule is CCN(CC)C(=O)CN[C@@H](C)C1CCCCCC1. The van der Waals surface area contributed by atoms with Crippen LogP contribution in [0.3, 0.4) is 0 Å². The van der Waals surface area contributed by atoms with Gasteiger partial charge in [-0.05, 0) is 39.5 Å². The molecule has 0 unspecified atom stereocenters. The van der Waals surface area contributed by atoms with Crippen LogP contribution >= 0.6 is 0 Å². The third kappa shape index (κ3) is 4.97. The van der Waals surface area contributed by atoms with Crippen LogP contribution in [0.5, 0.6) is 0 Å². The summed E-state index contributed by atoms with van der Waals surface area (Å²) in [7, 11) is 0. The molecule has 1 rings (SSSR count). The van der Waals surface area contributed by atoms with Gasteiger partial charge in [-0.2, -0.15) is 0 Å². The molecular weight excluding hydrogens is 224 g/mol. The second-order valence-corrected chi connectivity index (χ2v) is 5.49. The minimum Gasteiger partial charge on any atom is -0.342 e. The first-order valence-corrected chi connectivity index (χ1v) is 7.70. The van der Waals surface area contributed by atoms with Gasteiger partial charge in [0, 0.05) is 19.1 Å². The molecule has 1 saturated carbocycles. The summed E-state index contributed by atoms with van der Waals surface area (Å²) in [5.74, 6) is 0.998. The van der Waals surface area contributed by atoms with Crippen molar-refractivity contribution < 1.29 is 4.79 Å². The van der Waals surface area contributed by atoms with E-state index in [2.05, 4.69) is 12.2 Å². The van der Waals surface area contributed by atoms with Crippen molar-refractivity contribution in [3.8, 4) is 0 Å². The summed E-state index contributed by atoms with van der Waals surface area (Å²) in [5.41, 5.74) is 0. The third-order valence-corrected chi connectivity index (χ3v) is 4.30. The van der Waals surface area contributed by atoms with Crippen LogP contribution in [0, 0.1) is 5.92 Å². The zero-order chi connectivity index (χ0) is 13.4. The molecular formula is C15H30N2O. The highest BCUT2D eigenvalue weighted by Gasteiger charge is 2.19. The Morgan fingerprint density at radius 1 is 1.17 bits per heavy atom. The maximum atomic E-state index is 11.9. The van der Waals surface area contributed by atoms with E-state index >= 15 is 0 Å². The smallest absolute Gasteiger partial charge is 0.236 e. The van der Waals surface area contributed by atoms with Gasteiger partial charge in [0.1, 0.15) is 0 Å². The first-order chi connectivity index (χ1) is 8.69. The minimum absolute atomic E-state index is 0.237. The maximum absolute atomic E-state index is 11.9. The molecule has 1 amide bonds. The molecule has 1 fully saturated rings. The van der Waals surface area contributed by atoms with Gasteiger partial charge in [0.2, 0.25) is 5.91 Å². The van der Waals surface area contributed by atoms with Gasteiger partial charge in [-0.1, -0.05) is 25.7 Å². The van der Waals surface area contributed by atoms with Gasteiger partial charge in [-0.25, -0.2) is 0 Å². The van der Waals surface area contributed by atoms with Crippen LogP contribution in [-0.4, -0.2) is 36.5 Å². The Kier molecular flexibility index (Phi) is 7.33. The van der Waals surface area contributed by atoms with Crippen LogP contribution in [0.4, 0.5) is 0 Å². The molecule has 18 heavy (non-hydrogen) atoms. The number of amides is 1. The van der Waals surface area contributed by atoms with Gasteiger partial charge >= 0.3 is 0 Å². The number of rotatable bonds is 6. The highest BCUT2D eigenvalue weighted by molar-refractivity contribution is 5.78. The van der Waals surface area contributed by atoms with Crippen molar-refractivity contribution in [2.24, 2.45) is 5.92 Å². The molecule has 3 nitrogen and oxygen atoms in total. The van der Waals surface area contributed by atoms with Crippen LogP contribution in [0.2, 0.25) is 0 Å². The van der Waals surface area contributed by atoms with Gasteiger partial charge in [-0.15, -0.1) is 0 Å². The van der Waals surface area contributed by atoms with Gasteiger partial charge < -0.3 is 10.2 Å². The lowest BCUT2D eigenvalue weighted by molar-refractivity contribution is -0.130. The number of hydrogen-bond donors (Lipinski definition) is 1. The van der Waals surface area contributed by atoms with Crippen molar-refractivity contribution in [1.82, 2.24) is 10.2 Å². The second-order valence-electron chi connectivity index (χ2n) is 5.49. The average Bonchev–Trinajstić information content (AvgIpc) is 2.66. The Labute approximate surface area is 112 Å². The molecule has 106 valence electrons. The number of likely N-dealkylation sites (N-methyl/N-ethyl adjacent to an activating group) is 1. The lowest BCUT2D eigenvalue weighted by Gasteiger charge is -2.25. The Balaban J connectivity index is 2.30. The normalized spacial score (nSPS) is 19.3. The summed E-state index contributed by atoms with van der Waals surface area (Å²) < 4.78 is 0. The zero-order valence-corrected chi connectivity index (χ0v) is 12.4. The van der Waals surface area contributed by atoms with Gasteiger partial charge in [0.05, 0.1) is 6.54 Å². The molecule has 0 aromatic rings. The molecule has 1 aliphatic rings. The monoisotopic (exact) mass is 254 g/mol. The van der Waals surface area contributed by atoms with E-state index in [1.165, 1.54) is 38.5 Å². The molecule has 0 bridgehead atoms. The fraction of sp³-hybridized carbons (Fsp3) is 0.933. The van der Waals surface area contributed by atoms with Crippen molar-refractivity contribution >= 4 is 5.91 Å². The third-order valence-electron chi connectivity index (χ3n) is 4.30. The van der Waals surface area contributed by atoms with E-state index in [4.69, 9.17) is 0 Å². The summed E-state index contributed by atoms with van der Waals surface area (Å²) >= 11 is 0. The van der Waals surface area contributed by atoms with E-state index in [0.717, 1.165) is 19.0 Å². The molecule has 0 aromatic heterocycles. The molecule has 0 spiro atoms. The van der Waals surface area contributed by atoms with Gasteiger partial charge in [0.25, 0.3) is 0 Å². The number of carbonyl (C=O) groups is 1. The molecule has 0 aliphatic heterocycles. The molecule has 1 atom stereocenters. The largest absolute Gasteiger partial charge is 0.342 e. The lowest BCUT2D eigenvalue weighted by atomic mass is 9.93. The van der Waals surface area contributed by atoms with Crippen molar-refractivity contribution in [2.45, 2.75) is 65.3 Å². The van der Waals surface area contributed by atoms with Crippen LogP contribution in [0.1, 0.15) is 59.3 Å². The number of nitrogens with zero attached hydrogens (tertiary/aromatic N) is 1. The summed E-state index contributed by atoms with van der Waals surface area (Å²) in [6, 6.07) is 0.475. The Morgan fingerprint density at radius 3 is 2.22 bits per heavy atom. The summed E-state index contributed by atoms with van der Waals surface area (Å²) in [4.78, 5) is 13.8. The Bertz CT molecular complexity index is 231. The number of nitrogens with one attached hydrogen (secondary N) is 1. The second kappa shape index (κ2) is 8.52. The number of carbonyl (C=O) groups excluding carboxylic acids is 1. The molecule has 3 heteroatoms. The lowest BCUT2D eigenvalue weighted by Crippen LogP contribution is -2.43. The molecule has 0 heterocycles. The fourth-order valence-electron chi connectivity index (χ4n) is 2.91. The quantitative estimate of drug-likeness (QED) is 0.739. The van der Waals surface area contributed by atoms with E-state index in [1.807, 2.05) is 18.7 Å². The van der Waals surface area contributed by atoms with Crippen LogP contribution in [0.15, 0.2) is 0 Å². The highest BCUT2D eigenvalue weighted by Crippen LogP contribution is 2.25. The van der Waals surface area contributed by atoms with Crippen molar-refractivity contribution in [3.05, 3.63) is 0 Å². The molecule has 1 aliphatic carbocycles. The molecule has 0 saturated heterocycles. The van der Waals surface area contributed by atoms with E-state index in [9.17, 15) is 4.79 Å². The van der Waals surface area contributed by atoms with Crippen LogP contribution in [0.25, 0.3) is 0 Å². The van der Waals surface area contributed by atoms with Crippen molar-refractivity contribution in [2.75, 3.05) is 19.6 Å². The zero-order valence-electron chi connectivity index (χ0n) is 12.4. The van der Waals surface area contributed by atoms with Crippen molar-refractivity contribution in [3.63, 3.8) is 0 Å². The Morgan fingerprint density at radius 2 is 1.72 bits per heavy atom. The average molecular weight is 254 g/mol. The first-order valence-electron chi connectivity index (χ1n) is 7.70. The van der Waals surface area contributed by atoms with Crippen LogP contribution in [-0.2, 0) is 4.79 Å². The summed E-state index contributed by atoms with van der Waals surface area (Å²) in [6.45, 7) is 8.45. The van der Waals surface area contributed by atoms with Gasteiger partial charge in [0.15, 0.2) is 0 Å². The van der Waals surface area contributed by atoms with E-state index in [1.54, 1.807) is 0 Å². The predicted molar refractivity (Wildman–Crippen MR) is 76.6 cm³/mol. The minimum atomic E-state index is 0.237. The van der Waals surface area contributed by atoms with E-state index in [0.29, 0.717) is 12.6 Å². The predicted octanol–water partition coefficient (Wildman–Crippen LogP) is 2.80. The summed E-state index contributed by atoms with van der Waals surface area (Å²) in [6.07, 6.45) is 8.16. The molecule has 1 N–H and O–H groups in total. The molecule has 0 radical (unpaired) electrons. The molecule has 0 aromatic carbocycles. The summed E-state index contributed by atoms with van der Waals surface area (Å²) in [5, 5.41) is 3.44. The van der Waals surface area contributed by atoms with Crippen LogP contribution < -0.4 is 5.32 Å². The number of hydrogen-bond acceptors (Lipinski definition) is 2. The highest BCUT2D eigenvalue weighted by atomic mass is 16.2. The maximum Gasteiger partial charge on any atom is 0.236 e. The standard InChI is InChI=1S/C15H30N2O/c1-4-17(5-2)15(18)12-16-13(3)14-10-8-6-7-9-11-14/h13-14,16H,4-12H2,1-3H3/t13-/m0/s1. The first kappa shape index (κ1) is 15.5. The van der Waals surface area contributed by atoms with E-state index < -0.39 is 0 Å². The Hall–Kier alpha value is -0.570.